The molecule has 1 aliphatic heterocycles. The molecule has 106 valence electrons. The van der Waals surface area contributed by atoms with E-state index in [1.807, 2.05) is 6.92 Å². The molecule has 1 aromatic heterocycles. The van der Waals surface area contributed by atoms with Crippen LogP contribution in [0.3, 0.4) is 0 Å². The average Bonchev–Trinajstić information content (AvgIpc) is 2.44. The number of nitrogens with one attached hydrogen (secondary N) is 1. The fraction of sp³-hybridized carbons (Fsp3) is 0.714. The second-order valence-electron chi connectivity index (χ2n) is 4.93. The molecular formula is C14H24N4S. The Hall–Kier alpha value is -0.970. The zero-order chi connectivity index (χ0) is 13.7. The van der Waals surface area contributed by atoms with Crippen LogP contribution in [0.25, 0.3) is 0 Å². The van der Waals surface area contributed by atoms with E-state index in [9.17, 15) is 0 Å². The fourth-order valence-electron chi connectivity index (χ4n) is 2.23. The first-order valence-corrected chi connectivity index (χ1v) is 8.24. The fourth-order valence-corrected chi connectivity index (χ4v) is 3.41. The maximum Gasteiger partial charge on any atom is 0.134 e. The van der Waals surface area contributed by atoms with Crippen molar-refractivity contribution in [1.82, 2.24) is 9.97 Å². The van der Waals surface area contributed by atoms with Gasteiger partial charge in [-0.2, -0.15) is 11.8 Å². The van der Waals surface area contributed by atoms with Crippen molar-refractivity contribution in [3.63, 3.8) is 0 Å². The lowest BCUT2D eigenvalue weighted by molar-refractivity contribution is 0.717. The summed E-state index contributed by atoms with van der Waals surface area (Å²) in [6, 6.07) is 2.09. The Morgan fingerprint density at radius 3 is 3.00 bits per heavy atom. The van der Waals surface area contributed by atoms with Crippen LogP contribution in [0.5, 0.6) is 0 Å². The summed E-state index contributed by atoms with van der Waals surface area (Å²) in [4.78, 5) is 11.5. The number of anilines is 2. The molecule has 4 nitrogen and oxygen atoms in total. The van der Waals surface area contributed by atoms with Gasteiger partial charge in [0.2, 0.25) is 0 Å². The molecule has 0 saturated carbocycles. The molecule has 1 atom stereocenters. The van der Waals surface area contributed by atoms with Crippen LogP contribution in [0.4, 0.5) is 11.6 Å². The number of nitrogens with zero attached hydrogens (tertiary/aromatic N) is 3. The van der Waals surface area contributed by atoms with Crippen molar-refractivity contribution in [1.29, 1.82) is 0 Å². The average molecular weight is 280 g/mol. The molecule has 0 spiro atoms. The minimum Gasteiger partial charge on any atom is -0.370 e. The molecule has 1 aliphatic rings. The van der Waals surface area contributed by atoms with Gasteiger partial charge in [0.1, 0.15) is 17.5 Å². The highest BCUT2D eigenvalue weighted by Crippen LogP contribution is 2.25. The molecular weight excluding hydrogens is 256 g/mol. The molecule has 1 aromatic rings. The van der Waals surface area contributed by atoms with Crippen molar-refractivity contribution in [2.24, 2.45) is 0 Å². The highest BCUT2D eigenvalue weighted by molar-refractivity contribution is 8.00. The van der Waals surface area contributed by atoms with Crippen LogP contribution in [-0.2, 0) is 0 Å². The van der Waals surface area contributed by atoms with E-state index in [1.54, 1.807) is 0 Å². The topological polar surface area (TPSA) is 41.0 Å². The predicted molar refractivity (Wildman–Crippen MR) is 84.3 cm³/mol. The molecule has 0 amide bonds. The minimum absolute atomic E-state index is 0.732. The van der Waals surface area contributed by atoms with Gasteiger partial charge in [0.15, 0.2) is 0 Å². The van der Waals surface area contributed by atoms with Crippen LogP contribution in [0, 0.1) is 6.92 Å². The zero-order valence-corrected chi connectivity index (χ0v) is 13.0. The lowest BCUT2D eigenvalue weighted by Gasteiger charge is -2.33. The number of aryl methyl sites for hydroxylation is 1. The van der Waals surface area contributed by atoms with Crippen molar-refractivity contribution in [2.75, 3.05) is 35.6 Å². The lowest BCUT2D eigenvalue weighted by atomic mass is 10.3. The van der Waals surface area contributed by atoms with Gasteiger partial charge >= 0.3 is 0 Å². The monoisotopic (exact) mass is 280 g/mol. The summed E-state index contributed by atoms with van der Waals surface area (Å²) in [5.41, 5.74) is 0. The number of hydrogen-bond acceptors (Lipinski definition) is 5. The highest BCUT2D eigenvalue weighted by Gasteiger charge is 2.20. The van der Waals surface area contributed by atoms with E-state index in [0.29, 0.717) is 0 Å². The van der Waals surface area contributed by atoms with Crippen LogP contribution < -0.4 is 10.2 Å². The number of thioether (sulfide) groups is 1. The van der Waals surface area contributed by atoms with Crippen molar-refractivity contribution in [3.8, 4) is 0 Å². The first-order chi connectivity index (χ1) is 9.22. The molecule has 1 unspecified atom stereocenters. The van der Waals surface area contributed by atoms with Gasteiger partial charge in [0.25, 0.3) is 0 Å². The Bertz CT molecular complexity index is 410. The van der Waals surface area contributed by atoms with Gasteiger partial charge < -0.3 is 10.2 Å². The summed E-state index contributed by atoms with van der Waals surface area (Å²) in [7, 11) is 0. The van der Waals surface area contributed by atoms with E-state index in [-0.39, 0.29) is 0 Å². The maximum atomic E-state index is 4.60. The van der Waals surface area contributed by atoms with Crippen LogP contribution in [0.1, 0.15) is 32.5 Å². The molecule has 0 aliphatic carbocycles. The quantitative estimate of drug-likeness (QED) is 0.898. The first-order valence-electron chi connectivity index (χ1n) is 7.19. The smallest absolute Gasteiger partial charge is 0.134 e. The second-order valence-corrected chi connectivity index (χ2v) is 6.34. The standard InChI is InChI=1S/C14H24N4S/c1-4-6-15-13-9-14(17-11(3)16-13)18-7-8-19-12(5-2)10-18/h9,12H,4-8,10H2,1-3H3,(H,15,16,17). The Balaban J connectivity index is 2.11. The number of aromatic nitrogens is 2. The number of rotatable bonds is 5. The molecule has 19 heavy (non-hydrogen) atoms. The third-order valence-electron chi connectivity index (χ3n) is 3.30. The Kier molecular flexibility index (Phi) is 5.31. The van der Waals surface area contributed by atoms with Gasteiger partial charge in [-0.3, -0.25) is 0 Å². The largest absolute Gasteiger partial charge is 0.370 e. The van der Waals surface area contributed by atoms with E-state index in [0.717, 1.165) is 48.8 Å². The lowest BCUT2D eigenvalue weighted by Crippen LogP contribution is -2.38. The summed E-state index contributed by atoms with van der Waals surface area (Å²) in [5.74, 6) is 4.07. The van der Waals surface area contributed by atoms with Crippen LogP contribution >= 0.6 is 11.8 Å². The van der Waals surface area contributed by atoms with Gasteiger partial charge in [-0.25, -0.2) is 9.97 Å². The Labute approximate surface area is 120 Å². The predicted octanol–water partition coefficient (Wildman–Crippen LogP) is 2.94. The van der Waals surface area contributed by atoms with Crippen molar-refractivity contribution in [2.45, 2.75) is 38.9 Å². The maximum absolute atomic E-state index is 4.60. The molecule has 1 saturated heterocycles. The van der Waals surface area contributed by atoms with Crippen molar-refractivity contribution >= 4 is 23.4 Å². The molecule has 0 bridgehead atoms. The molecule has 5 heteroatoms. The third-order valence-corrected chi connectivity index (χ3v) is 4.67. The highest BCUT2D eigenvalue weighted by atomic mass is 32.2. The molecule has 0 radical (unpaired) electrons. The summed E-state index contributed by atoms with van der Waals surface area (Å²) >= 11 is 2.08. The van der Waals surface area contributed by atoms with Crippen LogP contribution in [-0.4, -0.2) is 40.6 Å². The summed E-state index contributed by atoms with van der Waals surface area (Å²) < 4.78 is 0. The van der Waals surface area contributed by atoms with Gasteiger partial charge in [-0.15, -0.1) is 0 Å². The third kappa shape index (κ3) is 4.00. The molecule has 0 aromatic carbocycles. The van der Waals surface area contributed by atoms with Gasteiger partial charge in [-0.05, 0) is 19.8 Å². The summed E-state index contributed by atoms with van der Waals surface area (Å²) in [6.07, 6.45) is 2.34. The van der Waals surface area contributed by atoms with Crippen molar-refractivity contribution in [3.05, 3.63) is 11.9 Å². The van der Waals surface area contributed by atoms with E-state index in [1.165, 1.54) is 12.2 Å². The normalized spacial score (nSPS) is 19.5. The molecule has 1 N–H and O–H groups in total. The SMILES string of the molecule is CCCNc1cc(N2CCSC(CC)C2)nc(C)n1. The Morgan fingerprint density at radius 1 is 1.42 bits per heavy atom. The Morgan fingerprint density at radius 2 is 2.26 bits per heavy atom. The second kappa shape index (κ2) is 6.98. The molecule has 2 rings (SSSR count). The van der Waals surface area contributed by atoms with Gasteiger partial charge in [-0.1, -0.05) is 13.8 Å². The van der Waals surface area contributed by atoms with Gasteiger partial charge in [0, 0.05) is 36.7 Å². The van der Waals surface area contributed by atoms with Gasteiger partial charge in [0.05, 0.1) is 0 Å². The van der Waals surface area contributed by atoms with E-state index in [4.69, 9.17) is 0 Å². The summed E-state index contributed by atoms with van der Waals surface area (Å²) in [5, 5.41) is 4.09. The molecule has 2 heterocycles. The molecule has 1 fully saturated rings. The van der Waals surface area contributed by atoms with E-state index < -0.39 is 0 Å². The first kappa shape index (κ1) is 14.4. The zero-order valence-electron chi connectivity index (χ0n) is 12.1. The number of hydrogen-bond donors (Lipinski definition) is 1. The van der Waals surface area contributed by atoms with Crippen LogP contribution in [0.15, 0.2) is 6.07 Å². The van der Waals surface area contributed by atoms with E-state index in [2.05, 4.69) is 51.9 Å². The van der Waals surface area contributed by atoms with Crippen molar-refractivity contribution < 1.29 is 0 Å². The van der Waals surface area contributed by atoms with Crippen LogP contribution in [0.2, 0.25) is 0 Å². The van der Waals surface area contributed by atoms with E-state index >= 15 is 0 Å². The summed E-state index contributed by atoms with van der Waals surface area (Å²) in [6.45, 7) is 9.55. The minimum atomic E-state index is 0.732.